The van der Waals surface area contributed by atoms with Gasteiger partial charge in [0, 0.05) is 69.2 Å². The molecule has 0 unspecified atom stereocenters. The first-order chi connectivity index (χ1) is 14.8. The minimum absolute atomic E-state index is 0.806. The van der Waals surface area contributed by atoms with Crippen molar-refractivity contribution in [1.29, 1.82) is 0 Å². The van der Waals surface area contributed by atoms with Crippen LogP contribution in [0.1, 0.15) is 0 Å². The van der Waals surface area contributed by atoms with Crippen molar-refractivity contribution in [3.05, 3.63) is 41.8 Å². The predicted molar refractivity (Wildman–Crippen MR) is 128 cm³/mol. The Morgan fingerprint density at radius 2 is 0.839 bits per heavy atom. The maximum atomic E-state index is 6.45. The molecule has 0 aliphatic rings. The van der Waals surface area contributed by atoms with Crippen LogP contribution < -0.4 is 19.7 Å². The molecule has 0 bridgehead atoms. The molecule has 31 heavy (non-hydrogen) atoms. The van der Waals surface area contributed by atoms with Crippen molar-refractivity contribution in [2.75, 3.05) is 52.1 Å². The monoisotopic (exact) mass is 414 g/mol. The van der Waals surface area contributed by atoms with E-state index in [4.69, 9.17) is 13.3 Å². The molecule has 0 spiro atoms. The molecule has 0 N–H and O–H groups in total. The number of nitrogens with zero attached hydrogens (tertiary/aromatic N) is 3. The maximum Gasteiger partial charge on any atom is 0.206 e. The van der Waals surface area contributed by atoms with E-state index in [0.717, 1.165) is 71.8 Å². The molecule has 6 heteroatoms. The molecule has 0 aliphatic carbocycles. The van der Waals surface area contributed by atoms with E-state index < -0.39 is 0 Å². The zero-order valence-electron chi connectivity index (χ0n) is 18.5. The lowest BCUT2D eigenvalue weighted by molar-refractivity contribution is 0.633. The lowest BCUT2D eigenvalue weighted by Gasteiger charge is -2.19. The van der Waals surface area contributed by atoms with Crippen LogP contribution in [0.4, 0.5) is 11.4 Å². The first-order valence-corrected chi connectivity index (χ1v) is 10.3. The van der Waals surface area contributed by atoms with E-state index in [0.29, 0.717) is 0 Å². The van der Waals surface area contributed by atoms with E-state index in [2.05, 4.69) is 50.8 Å². The molecule has 0 aliphatic heterocycles. The first-order valence-electron chi connectivity index (χ1n) is 10.3. The zero-order chi connectivity index (χ0) is 21.6. The van der Waals surface area contributed by atoms with E-state index in [1.54, 1.807) is 0 Å². The predicted octanol–water partition coefficient (Wildman–Crippen LogP) is 4.83. The molecule has 0 amide bonds. The molecule has 6 rings (SSSR count). The molecule has 6 aromatic rings. The van der Waals surface area contributed by atoms with Gasteiger partial charge in [0.15, 0.2) is 0 Å². The van der Waals surface area contributed by atoms with Crippen LogP contribution in [0, 0.1) is 0 Å². The van der Waals surface area contributed by atoms with Crippen LogP contribution in [0.3, 0.4) is 0 Å². The Labute approximate surface area is 178 Å². The van der Waals surface area contributed by atoms with E-state index in [1.807, 2.05) is 42.3 Å². The Hall–Kier alpha value is -3.67. The highest BCUT2D eigenvalue weighted by Gasteiger charge is 2.23. The van der Waals surface area contributed by atoms with Gasteiger partial charge in [-0.3, -0.25) is 0 Å². The lowest BCUT2D eigenvalue weighted by atomic mass is 9.98. The second-order valence-corrected chi connectivity index (χ2v) is 8.82. The van der Waals surface area contributed by atoms with E-state index in [-0.39, 0.29) is 0 Å². The molecular weight excluding hydrogens is 390 g/mol. The van der Waals surface area contributed by atoms with Crippen molar-refractivity contribution in [2.45, 2.75) is 0 Å². The van der Waals surface area contributed by atoms with Crippen LogP contribution in [-0.2, 0) is 0 Å². The van der Waals surface area contributed by atoms with Gasteiger partial charge in [0.2, 0.25) is 5.36 Å². The summed E-state index contributed by atoms with van der Waals surface area (Å²) in [7, 11) is 12.1. The van der Waals surface area contributed by atoms with E-state index in [1.165, 1.54) is 0 Å². The van der Waals surface area contributed by atoms with Gasteiger partial charge >= 0.3 is 0 Å². The number of benzene rings is 3. The average Bonchev–Trinajstić information content (AvgIpc) is 2.72. The second kappa shape index (κ2) is 5.94. The third-order valence-electron chi connectivity index (χ3n) is 6.11. The number of anilines is 2. The van der Waals surface area contributed by atoms with Gasteiger partial charge in [-0.2, -0.15) is 0 Å². The molecule has 3 heterocycles. The van der Waals surface area contributed by atoms with Gasteiger partial charge in [0.1, 0.15) is 47.6 Å². The molecule has 0 saturated heterocycles. The summed E-state index contributed by atoms with van der Waals surface area (Å²) in [5, 5.41) is 5.13. The summed E-state index contributed by atoms with van der Waals surface area (Å²) < 4.78 is 21.4. The van der Waals surface area contributed by atoms with Crippen LogP contribution in [0.2, 0.25) is 0 Å². The van der Waals surface area contributed by atoms with Gasteiger partial charge in [0.05, 0.1) is 28.3 Å². The molecule has 0 fully saturated rings. The molecular formula is C25H24N3O3+. The summed E-state index contributed by atoms with van der Waals surface area (Å²) >= 11 is 0. The summed E-state index contributed by atoms with van der Waals surface area (Å²) in [6, 6.07) is 12.5. The van der Waals surface area contributed by atoms with Gasteiger partial charge in [-0.1, -0.05) is 0 Å². The summed E-state index contributed by atoms with van der Waals surface area (Å²) in [5.41, 5.74) is 6.90. The minimum Gasteiger partial charge on any atom is -0.456 e. The van der Waals surface area contributed by atoms with E-state index in [9.17, 15) is 0 Å². The van der Waals surface area contributed by atoms with Gasteiger partial charge in [-0.25, -0.2) is 4.58 Å². The van der Waals surface area contributed by atoms with Crippen LogP contribution in [0.15, 0.2) is 49.6 Å². The molecule has 0 radical (unpaired) electrons. The van der Waals surface area contributed by atoms with Gasteiger partial charge in [-0.15, -0.1) is 0 Å². The van der Waals surface area contributed by atoms with Crippen molar-refractivity contribution in [1.82, 2.24) is 4.58 Å². The fourth-order valence-corrected chi connectivity index (χ4v) is 4.46. The highest BCUT2D eigenvalue weighted by atomic mass is 16.4. The summed E-state index contributed by atoms with van der Waals surface area (Å²) in [6.45, 7) is 0. The topological polar surface area (TPSA) is 48.9 Å². The third kappa shape index (κ3) is 2.42. The van der Waals surface area contributed by atoms with Gasteiger partial charge in [0.25, 0.3) is 0 Å². The average molecular weight is 414 g/mol. The van der Waals surface area contributed by atoms with Crippen molar-refractivity contribution in [2.24, 2.45) is 0 Å². The SMILES string of the molecule is CN(C)c1cc2oc3cc(N(C)C)cc4oc5cc(=[N+](C)C)cc6oc(c1)c2c(c34)c65. The fraction of sp³-hybridized carbons (Fsp3) is 0.240. The Kier molecular flexibility index (Phi) is 3.47. The van der Waals surface area contributed by atoms with Gasteiger partial charge < -0.3 is 23.1 Å². The standard InChI is InChI=1S/C25H24N3O3/c1-26(2)13-7-16-22-17(8-13)30-19-10-15(28(5)6)12-21-24(19)25(22)23-18(29-16)9-14(27(3)4)11-20(23)31-21/h7-12H,1-6H3/q+1. The van der Waals surface area contributed by atoms with Gasteiger partial charge in [-0.05, 0) is 0 Å². The summed E-state index contributed by atoms with van der Waals surface area (Å²) in [4.78, 5) is 4.12. The van der Waals surface area contributed by atoms with E-state index >= 15 is 0 Å². The quantitative estimate of drug-likeness (QED) is 0.231. The molecule has 3 aromatic carbocycles. The Morgan fingerprint density at radius 1 is 0.516 bits per heavy atom. The van der Waals surface area contributed by atoms with Crippen molar-refractivity contribution in [3.63, 3.8) is 0 Å². The number of hydrogen-bond acceptors (Lipinski definition) is 5. The van der Waals surface area contributed by atoms with Crippen molar-refractivity contribution >= 4 is 66.4 Å². The van der Waals surface area contributed by atoms with Crippen molar-refractivity contribution < 1.29 is 13.3 Å². The smallest absolute Gasteiger partial charge is 0.206 e. The molecule has 0 atom stereocenters. The largest absolute Gasteiger partial charge is 0.456 e. The molecule has 0 saturated carbocycles. The highest BCUT2D eigenvalue weighted by Crippen LogP contribution is 2.45. The molecule has 156 valence electrons. The fourth-order valence-electron chi connectivity index (χ4n) is 4.46. The normalized spacial score (nSPS) is 12.2. The van der Waals surface area contributed by atoms with Crippen LogP contribution >= 0.6 is 0 Å². The first kappa shape index (κ1) is 18.1. The van der Waals surface area contributed by atoms with Crippen LogP contribution in [-0.4, -0.2) is 42.3 Å². The Morgan fingerprint density at radius 3 is 1.13 bits per heavy atom. The minimum atomic E-state index is 0.806. The lowest BCUT2D eigenvalue weighted by Crippen LogP contribution is -2.20. The Bertz CT molecular complexity index is 1600. The summed E-state index contributed by atoms with van der Waals surface area (Å²) in [5.74, 6) is 0. The third-order valence-corrected chi connectivity index (χ3v) is 6.11. The number of rotatable bonds is 2. The molecule has 3 aromatic heterocycles. The Balaban J connectivity index is 1.98. The van der Waals surface area contributed by atoms with Crippen LogP contribution in [0.25, 0.3) is 55.0 Å². The second-order valence-electron chi connectivity index (χ2n) is 8.82. The molecule has 6 nitrogen and oxygen atoms in total. The maximum absolute atomic E-state index is 6.45. The summed E-state index contributed by atoms with van der Waals surface area (Å²) in [6.07, 6.45) is 0. The van der Waals surface area contributed by atoms with Crippen LogP contribution in [0.5, 0.6) is 0 Å². The highest BCUT2D eigenvalue weighted by molar-refractivity contribution is 6.32. The van der Waals surface area contributed by atoms with Crippen molar-refractivity contribution in [3.8, 4) is 0 Å². The zero-order valence-corrected chi connectivity index (χ0v) is 18.5. The number of hydrogen-bond donors (Lipinski definition) is 0.